The van der Waals surface area contributed by atoms with E-state index in [0.717, 1.165) is 34.6 Å². The summed E-state index contributed by atoms with van der Waals surface area (Å²) in [6.45, 7) is 1.38. The van der Waals surface area contributed by atoms with Crippen molar-refractivity contribution in [2.24, 2.45) is 5.92 Å². The number of aliphatic hydroxyl groups is 1. The highest BCUT2D eigenvalue weighted by Gasteiger charge is 2.28. The molecule has 0 spiro atoms. The summed E-state index contributed by atoms with van der Waals surface area (Å²) in [5, 5.41) is 24.6. The predicted octanol–water partition coefficient (Wildman–Crippen LogP) is 4.03. The number of hydrogen-bond donors (Lipinski definition) is 2. The number of rotatable bonds is 5. The summed E-state index contributed by atoms with van der Waals surface area (Å²) in [5.74, 6) is -0.0695. The van der Waals surface area contributed by atoms with Gasteiger partial charge in [0.1, 0.15) is 11.1 Å². The monoisotopic (exact) mass is 471 g/mol. The third kappa shape index (κ3) is 5.38. The number of carbonyl (C=O) groups excluding carboxylic acids is 2. The molecular formula is C23H25N3O4S2. The molecule has 0 saturated carbocycles. The van der Waals surface area contributed by atoms with Gasteiger partial charge in [-0.05, 0) is 61.1 Å². The third-order valence-electron chi connectivity index (χ3n) is 5.82. The lowest BCUT2D eigenvalue weighted by Crippen LogP contribution is -2.41. The molecule has 1 aliphatic carbocycles. The summed E-state index contributed by atoms with van der Waals surface area (Å²) in [7, 11) is 0. The lowest BCUT2D eigenvalue weighted by atomic mass is 9.88. The number of carbonyl (C=O) groups is 2. The van der Waals surface area contributed by atoms with E-state index in [1.165, 1.54) is 17.4 Å². The Morgan fingerprint density at radius 2 is 2.16 bits per heavy atom. The molecule has 2 N–H and O–H groups in total. The lowest BCUT2D eigenvalue weighted by molar-refractivity contribution is -0.111. The standard InChI is InChI=1S/C23H25N3O4S2/c24-13-19-18-5-3-15(14-30-23(29)26-9-7-16(27)8-10-26)12-20(18)32-22(19)25-21(28)6-4-17-2-1-11-31-17/h1-2,4,6,11,15-16,27H,3,5,7-10,12,14H2,(H,25,28)/b6-4+. The van der Waals surface area contributed by atoms with Gasteiger partial charge in [0.05, 0.1) is 18.3 Å². The van der Waals surface area contributed by atoms with Crippen LogP contribution in [0, 0.1) is 17.2 Å². The van der Waals surface area contributed by atoms with Crippen LogP contribution in [0.15, 0.2) is 23.6 Å². The molecule has 2 aromatic rings. The highest BCUT2D eigenvalue weighted by atomic mass is 32.1. The fourth-order valence-corrected chi connectivity index (χ4v) is 5.96. The van der Waals surface area contributed by atoms with Crippen molar-refractivity contribution in [1.82, 2.24) is 4.90 Å². The number of nitrogens with one attached hydrogen (secondary N) is 1. The van der Waals surface area contributed by atoms with Crippen LogP contribution in [0.25, 0.3) is 6.08 Å². The maximum Gasteiger partial charge on any atom is 0.409 e. The zero-order chi connectivity index (χ0) is 22.5. The Kier molecular flexibility index (Phi) is 7.25. The van der Waals surface area contributed by atoms with Crippen molar-refractivity contribution in [2.45, 2.75) is 38.2 Å². The molecule has 0 bridgehead atoms. The van der Waals surface area contributed by atoms with Crippen LogP contribution in [0.5, 0.6) is 0 Å². The van der Waals surface area contributed by atoms with E-state index in [0.29, 0.717) is 43.1 Å². The van der Waals surface area contributed by atoms with Gasteiger partial charge in [-0.1, -0.05) is 6.07 Å². The van der Waals surface area contributed by atoms with Gasteiger partial charge in [0.2, 0.25) is 5.91 Å². The van der Waals surface area contributed by atoms with E-state index in [1.54, 1.807) is 22.3 Å². The van der Waals surface area contributed by atoms with Gasteiger partial charge in [0, 0.05) is 28.9 Å². The molecule has 9 heteroatoms. The van der Waals surface area contributed by atoms with Crippen LogP contribution in [0.1, 0.15) is 40.1 Å². The topological polar surface area (TPSA) is 103 Å². The molecule has 32 heavy (non-hydrogen) atoms. The summed E-state index contributed by atoms with van der Waals surface area (Å²) < 4.78 is 5.53. The minimum absolute atomic E-state index is 0.189. The highest BCUT2D eigenvalue weighted by molar-refractivity contribution is 7.16. The SMILES string of the molecule is N#Cc1c(NC(=O)/C=C/c2cccs2)sc2c1CCC(COC(=O)N1CCC(O)CC1)C2. The number of ether oxygens (including phenoxy) is 1. The first-order valence-electron chi connectivity index (χ1n) is 10.7. The number of amides is 2. The molecule has 168 valence electrons. The summed E-state index contributed by atoms with van der Waals surface area (Å²) in [5.41, 5.74) is 1.55. The average molecular weight is 472 g/mol. The third-order valence-corrected chi connectivity index (χ3v) is 7.83. The number of nitriles is 1. The van der Waals surface area contributed by atoms with Crippen molar-refractivity contribution in [3.05, 3.63) is 44.5 Å². The zero-order valence-corrected chi connectivity index (χ0v) is 19.2. The summed E-state index contributed by atoms with van der Waals surface area (Å²) in [4.78, 5) is 28.3. The van der Waals surface area contributed by atoms with Crippen LogP contribution in [-0.2, 0) is 22.4 Å². The molecule has 1 atom stereocenters. The molecule has 2 amide bonds. The highest BCUT2D eigenvalue weighted by Crippen LogP contribution is 2.39. The molecule has 2 aliphatic rings. The van der Waals surface area contributed by atoms with Crippen LogP contribution in [0.3, 0.4) is 0 Å². The molecule has 2 aromatic heterocycles. The van der Waals surface area contributed by atoms with Gasteiger partial charge < -0.3 is 20.1 Å². The van der Waals surface area contributed by atoms with Crippen molar-refractivity contribution in [2.75, 3.05) is 25.0 Å². The van der Waals surface area contributed by atoms with Gasteiger partial charge in [0.15, 0.2) is 0 Å². The van der Waals surface area contributed by atoms with E-state index >= 15 is 0 Å². The molecule has 0 aromatic carbocycles. The molecule has 1 unspecified atom stereocenters. The van der Waals surface area contributed by atoms with Crippen LogP contribution >= 0.6 is 22.7 Å². The van der Waals surface area contributed by atoms with E-state index in [4.69, 9.17) is 4.74 Å². The molecule has 0 radical (unpaired) electrons. The van der Waals surface area contributed by atoms with E-state index in [9.17, 15) is 20.0 Å². The van der Waals surface area contributed by atoms with Crippen LogP contribution in [0.4, 0.5) is 9.80 Å². The fraction of sp³-hybridized carbons (Fsp3) is 0.435. The Bertz CT molecular complexity index is 1030. The first kappa shape index (κ1) is 22.5. The zero-order valence-electron chi connectivity index (χ0n) is 17.6. The molecular weight excluding hydrogens is 446 g/mol. The average Bonchev–Trinajstić information content (AvgIpc) is 3.43. The largest absolute Gasteiger partial charge is 0.449 e. The second-order valence-electron chi connectivity index (χ2n) is 8.06. The number of anilines is 1. The Balaban J connectivity index is 1.34. The number of aliphatic hydroxyl groups excluding tert-OH is 1. The summed E-state index contributed by atoms with van der Waals surface area (Å²) in [6, 6.07) is 6.11. The molecule has 1 fully saturated rings. The van der Waals surface area contributed by atoms with Crippen molar-refractivity contribution in [3.8, 4) is 6.07 Å². The number of likely N-dealkylation sites (tertiary alicyclic amines) is 1. The number of piperidine rings is 1. The summed E-state index contributed by atoms with van der Waals surface area (Å²) in [6.07, 6.45) is 6.05. The van der Waals surface area contributed by atoms with E-state index in [-0.39, 0.29) is 24.0 Å². The number of fused-ring (bicyclic) bond motifs is 1. The Morgan fingerprint density at radius 1 is 1.34 bits per heavy atom. The van der Waals surface area contributed by atoms with Gasteiger partial charge in [-0.2, -0.15) is 5.26 Å². The Morgan fingerprint density at radius 3 is 2.88 bits per heavy atom. The first-order chi connectivity index (χ1) is 15.5. The van der Waals surface area contributed by atoms with E-state index in [1.807, 2.05) is 17.5 Å². The maximum absolute atomic E-state index is 12.3. The maximum atomic E-state index is 12.3. The summed E-state index contributed by atoms with van der Waals surface area (Å²) >= 11 is 2.99. The minimum atomic E-state index is -0.329. The van der Waals surface area contributed by atoms with Crippen molar-refractivity contribution < 1.29 is 19.4 Å². The molecule has 4 rings (SSSR count). The van der Waals surface area contributed by atoms with E-state index < -0.39 is 0 Å². The first-order valence-corrected chi connectivity index (χ1v) is 12.4. The molecule has 3 heterocycles. The molecule has 7 nitrogen and oxygen atoms in total. The molecule has 1 aliphatic heterocycles. The minimum Gasteiger partial charge on any atom is -0.449 e. The van der Waals surface area contributed by atoms with Crippen LogP contribution in [0.2, 0.25) is 0 Å². The Labute approximate surface area is 194 Å². The van der Waals surface area contributed by atoms with Gasteiger partial charge in [0.25, 0.3) is 0 Å². The second kappa shape index (κ2) is 10.3. The predicted molar refractivity (Wildman–Crippen MR) is 125 cm³/mol. The van der Waals surface area contributed by atoms with Crippen molar-refractivity contribution in [1.29, 1.82) is 5.26 Å². The second-order valence-corrected chi connectivity index (χ2v) is 10.1. The van der Waals surface area contributed by atoms with Gasteiger partial charge >= 0.3 is 6.09 Å². The van der Waals surface area contributed by atoms with Crippen molar-refractivity contribution >= 4 is 45.8 Å². The van der Waals surface area contributed by atoms with Crippen molar-refractivity contribution in [3.63, 3.8) is 0 Å². The van der Waals surface area contributed by atoms with E-state index in [2.05, 4.69) is 11.4 Å². The van der Waals surface area contributed by atoms with Gasteiger partial charge in [-0.25, -0.2) is 4.79 Å². The Hall–Kier alpha value is -2.67. The number of nitrogens with zero attached hydrogens (tertiary/aromatic N) is 2. The van der Waals surface area contributed by atoms with Crippen LogP contribution in [-0.4, -0.2) is 47.8 Å². The number of thiophene rings is 2. The quantitative estimate of drug-likeness (QED) is 0.641. The lowest BCUT2D eigenvalue weighted by Gasteiger charge is -2.30. The number of hydrogen-bond acceptors (Lipinski definition) is 7. The van der Waals surface area contributed by atoms with Crippen LogP contribution < -0.4 is 5.32 Å². The normalized spacial score (nSPS) is 18.9. The molecule has 1 saturated heterocycles. The van der Waals surface area contributed by atoms with Gasteiger partial charge in [-0.15, -0.1) is 22.7 Å². The van der Waals surface area contributed by atoms with Gasteiger partial charge in [-0.3, -0.25) is 4.79 Å². The fourth-order valence-electron chi connectivity index (χ4n) is 4.03. The smallest absolute Gasteiger partial charge is 0.409 e.